The van der Waals surface area contributed by atoms with Gasteiger partial charge in [0.15, 0.2) is 0 Å². The van der Waals surface area contributed by atoms with Crippen molar-refractivity contribution in [2.24, 2.45) is 0 Å². The molecular weight excluding hydrogens is 408 g/mol. The molecular formula is C22H27ClN2O3S. The lowest BCUT2D eigenvalue weighted by Crippen LogP contribution is -2.39. The molecule has 0 aromatic heterocycles. The zero-order chi connectivity index (χ0) is 21.0. The van der Waals surface area contributed by atoms with Gasteiger partial charge in [-0.3, -0.25) is 4.79 Å². The van der Waals surface area contributed by atoms with Crippen LogP contribution in [0.1, 0.15) is 17.7 Å². The molecule has 3 rings (SSSR count). The Balaban J connectivity index is 2.01. The molecule has 2 unspecified atom stereocenters. The normalized spacial score (nSPS) is 18.9. The molecule has 2 aromatic rings. The number of ether oxygens (including phenoxy) is 2. The number of fused-ring (bicyclic) bond motifs is 1. The number of halogens is 1. The largest absolute Gasteiger partial charge is 0.497 e. The minimum absolute atomic E-state index is 0.0496. The fourth-order valence-electron chi connectivity index (χ4n) is 3.39. The van der Waals surface area contributed by atoms with Crippen LogP contribution in [0.2, 0.25) is 5.02 Å². The van der Waals surface area contributed by atoms with Gasteiger partial charge in [-0.25, -0.2) is 0 Å². The van der Waals surface area contributed by atoms with Crippen molar-refractivity contribution < 1.29 is 14.3 Å². The van der Waals surface area contributed by atoms with E-state index in [2.05, 4.69) is 30.0 Å². The van der Waals surface area contributed by atoms with E-state index in [4.69, 9.17) is 21.1 Å². The molecule has 156 valence electrons. The Kier molecular flexibility index (Phi) is 7.33. The topological polar surface area (TPSA) is 42.0 Å². The number of anilines is 1. The summed E-state index contributed by atoms with van der Waals surface area (Å²) >= 11 is 8.01. The average molecular weight is 435 g/mol. The first kappa shape index (κ1) is 21.8. The molecule has 0 saturated carbocycles. The molecule has 0 amide bonds. The highest BCUT2D eigenvalue weighted by Crippen LogP contribution is 2.47. The lowest BCUT2D eigenvalue weighted by Gasteiger charge is -2.30. The SMILES string of the molecule is COc1ccc(C2Sc3cc(Cl)ccc3N(CCN(C)C)CC2OC(C)=O)cc1. The number of likely N-dealkylation sites (N-methyl/N-ethyl adjacent to an activating group) is 1. The molecule has 1 aliphatic rings. The smallest absolute Gasteiger partial charge is 0.303 e. The quantitative estimate of drug-likeness (QED) is 0.624. The minimum atomic E-state index is -0.292. The van der Waals surface area contributed by atoms with Crippen LogP contribution in [0.4, 0.5) is 5.69 Å². The van der Waals surface area contributed by atoms with Crippen molar-refractivity contribution >= 4 is 35.0 Å². The van der Waals surface area contributed by atoms with Crippen molar-refractivity contribution in [1.29, 1.82) is 0 Å². The van der Waals surface area contributed by atoms with E-state index in [0.29, 0.717) is 11.6 Å². The van der Waals surface area contributed by atoms with Gasteiger partial charge in [0.25, 0.3) is 0 Å². The molecule has 0 spiro atoms. The van der Waals surface area contributed by atoms with Crippen molar-refractivity contribution in [3.63, 3.8) is 0 Å². The highest BCUT2D eigenvalue weighted by molar-refractivity contribution is 7.99. The van der Waals surface area contributed by atoms with Gasteiger partial charge in [0.1, 0.15) is 11.9 Å². The first-order valence-corrected chi connectivity index (χ1v) is 10.8. The van der Waals surface area contributed by atoms with E-state index in [1.807, 2.05) is 36.4 Å². The van der Waals surface area contributed by atoms with E-state index < -0.39 is 0 Å². The number of hydrogen-bond donors (Lipinski definition) is 0. The third-order valence-electron chi connectivity index (χ3n) is 4.83. The number of carbonyl (C=O) groups is 1. The number of nitrogens with zero attached hydrogens (tertiary/aromatic N) is 2. The average Bonchev–Trinajstić information content (AvgIpc) is 2.82. The van der Waals surface area contributed by atoms with Crippen LogP contribution >= 0.6 is 23.4 Å². The summed E-state index contributed by atoms with van der Waals surface area (Å²) in [7, 11) is 5.76. The van der Waals surface area contributed by atoms with Crippen LogP contribution in [-0.2, 0) is 9.53 Å². The molecule has 2 atom stereocenters. The second-order valence-corrected chi connectivity index (χ2v) is 8.94. The Morgan fingerprint density at radius 3 is 2.59 bits per heavy atom. The first-order valence-electron chi connectivity index (χ1n) is 9.54. The molecule has 0 bridgehead atoms. The molecule has 0 N–H and O–H groups in total. The Hall–Kier alpha value is -1.89. The predicted molar refractivity (Wildman–Crippen MR) is 119 cm³/mol. The Morgan fingerprint density at radius 2 is 1.97 bits per heavy atom. The maximum Gasteiger partial charge on any atom is 0.303 e. The number of rotatable bonds is 6. The zero-order valence-corrected chi connectivity index (χ0v) is 18.8. The second-order valence-electron chi connectivity index (χ2n) is 7.32. The van der Waals surface area contributed by atoms with Crippen LogP contribution in [0.15, 0.2) is 47.4 Å². The zero-order valence-electron chi connectivity index (χ0n) is 17.2. The van der Waals surface area contributed by atoms with Crippen molar-refractivity contribution in [2.45, 2.75) is 23.2 Å². The maximum absolute atomic E-state index is 11.9. The van der Waals surface area contributed by atoms with Crippen LogP contribution in [0.3, 0.4) is 0 Å². The standard InChI is InChI=1S/C22H27ClN2O3S/c1-15(26)28-20-14-25(12-11-24(2)3)19-10-7-17(23)13-21(19)29-22(20)16-5-8-18(27-4)9-6-16/h5-10,13,20,22H,11-12,14H2,1-4H3. The number of thioether (sulfide) groups is 1. The molecule has 0 saturated heterocycles. The minimum Gasteiger partial charge on any atom is -0.497 e. The van der Waals surface area contributed by atoms with Gasteiger partial charge in [-0.2, -0.15) is 0 Å². The summed E-state index contributed by atoms with van der Waals surface area (Å²) in [5, 5.41) is 0.648. The molecule has 29 heavy (non-hydrogen) atoms. The van der Waals surface area contributed by atoms with Gasteiger partial charge in [0.2, 0.25) is 0 Å². The van der Waals surface area contributed by atoms with Gasteiger partial charge in [0.05, 0.1) is 24.6 Å². The highest BCUT2D eigenvalue weighted by Gasteiger charge is 2.34. The molecule has 7 heteroatoms. The van der Waals surface area contributed by atoms with Crippen LogP contribution in [0.25, 0.3) is 0 Å². The third kappa shape index (κ3) is 5.59. The maximum atomic E-state index is 11.9. The summed E-state index contributed by atoms with van der Waals surface area (Å²) in [6.07, 6.45) is -0.292. The predicted octanol–water partition coefficient (Wildman–Crippen LogP) is 4.50. The van der Waals surface area contributed by atoms with Crippen LogP contribution < -0.4 is 9.64 Å². The summed E-state index contributed by atoms with van der Waals surface area (Å²) in [5.41, 5.74) is 2.21. The van der Waals surface area contributed by atoms with Crippen LogP contribution in [0.5, 0.6) is 5.75 Å². The summed E-state index contributed by atoms with van der Waals surface area (Å²) in [4.78, 5) is 17.4. The van der Waals surface area contributed by atoms with Crippen molar-refractivity contribution in [3.8, 4) is 5.75 Å². The summed E-state index contributed by atoms with van der Waals surface area (Å²) in [5.74, 6) is 0.526. The molecule has 0 aliphatic carbocycles. The number of esters is 1. The molecule has 2 aromatic carbocycles. The molecule has 5 nitrogen and oxygen atoms in total. The lowest BCUT2D eigenvalue weighted by molar-refractivity contribution is -0.145. The molecule has 1 heterocycles. The fourth-order valence-corrected chi connectivity index (χ4v) is 5.00. The van der Waals surface area contributed by atoms with E-state index in [0.717, 1.165) is 35.0 Å². The van der Waals surface area contributed by atoms with Crippen molar-refractivity contribution in [3.05, 3.63) is 53.1 Å². The van der Waals surface area contributed by atoms with Crippen molar-refractivity contribution in [1.82, 2.24) is 4.90 Å². The van der Waals surface area contributed by atoms with E-state index in [1.165, 1.54) is 6.92 Å². The van der Waals surface area contributed by atoms with E-state index >= 15 is 0 Å². The van der Waals surface area contributed by atoms with Gasteiger partial charge in [-0.05, 0) is 50.0 Å². The van der Waals surface area contributed by atoms with Gasteiger partial charge in [-0.15, -0.1) is 11.8 Å². The number of hydrogen-bond acceptors (Lipinski definition) is 6. The monoisotopic (exact) mass is 434 g/mol. The van der Waals surface area contributed by atoms with Gasteiger partial charge >= 0.3 is 5.97 Å². The number of carbonyl (C=O) groups excluding carboxylic acids is 1. The van der Waals surface area contributed by atoms with E-state index in [1.54, 1.807) is 18.9 Å². The Bertz CT molecular complexity index is 844. The van der Waals surface area contributed by atoms with Gasteiger partial charge in [-0.1, -0.05) is 23.7 Å². The van der Waals surface area contributed by atoms with Gasteiger partial charge in [0, 0.05) is 29.9 Å². The lowest BCUT2D eigenvalue weighted by atomic mass is 10.1. The first-order chi connectivity index (χ1) is 13.9. The fraction of sp³-hybridized carbons (Fsp3) is 0.409. The van der Waals surface area contributed by atoms with Crippen molar-refractivity contribution in [2.75, 3.05) is 45.7 Å². The summed E-state index contributed by atoms with van der Waals surface area (Å²) < 4.78 is 11.1. The second kappa shape index (κ2) is 9.74. The Morgan fingerprint density at radius 1 is 1.24 bits per heavy atom. The van der Waals surface area contributed by atoms with Gasteiger partial charge < -0.3 is 19.3 Å². The van der Waals surface area contributed by atoms with E-state index in [-0.39, 0.29) is 17.3 Å². The third-order valence-corrected chi connectivity index (χ3v) is 6.48. The van der Waals surface area contributed by atoms with Crippen LogP contribution in [0, 0.1) is 0 Å². The van der Waals surface area contributed by atoms with E-state index in [9.17, 15) is 4.79 Å². The number of benzene rings is 2. The summed E-state index contributed by atoms with van der Waals surface area (Å²) in [6.45, 7) is 3.81. The Labute approximate surface area is 181 Å². The van der Waals surface area contributed by atoms with Crippen LogP contribution in [-0.4, -0.2) is 57.8 Å². The molecule has 1 aliphatic heterocycles. The number of methoxy groups -OCH3 is 1. The molecule has 0 fully saturated rings. The summed E-state index contributed by atoms with van der Waals surface area (Å²) in [6, 6.07) is 13.9. The molecule has 0 radical (unpaired) electrons. The highest BCUT2D eigenvalue weighted by atomic mass is 35.5.